The van der Waals surface area contributed by atoms with Gasteiger partial charge in [0.15, 0.2) is 12.2 Å². The second-order valence-electron chi connectivity index (χ2n) is 28.6. The Labute approximate surface area is 594 Å². The first kappa shape index (κ1) is 95.1. The molecule has 0 saturated carbocycles. The van der Waals surface area contributed by atoms with Crippen LogP contribution >= 0.6 is 15.6 Å². The molecule has 0 fully saturated rings. The predicted octanol–water partition coefficient (Wildman–Crippen LogP) is 23.3. The number of phosphoric acid groups is 2. The Bertz CT molecular complexity index is 1860. The van der Waals surface area contributed by atoms with Crippen molar-refractivity contribution in [2.24, 2.45) is 5.92 Å². The highest BCUT2D eigenvalue weighted by Crippen LogP contribution is 2.45. The molecule has 19 heteroatoms. The van der Waals surface area contributed by atoms with Crippen LogP contribution in [0, 0.1) is 5.92 Å². The molecule has 97 heavy (non-hydrogen) atoms. The van der Waals surface area contributed by atoms with E-state index in [0.717, 1.165) is 95.8 Å². The van der Waals surface area contributed by atoms with E-state index >= 15 is 0 Å². The maximum absolute atomic E-state index is 13.1. The molecule has 0 aliphatic rings. The topological polar surface area (TPSA) is 237 Å². The summed E-state index contributed by atoms with van der Waals surface area (Å²) >= 11 is 0. The quantitative estimate of drug-likeness (QED) is 0.0222. The Morgan fingerprint density at radius 2 is 0.474 bits per heavy atom. The zero-order valence-corrected chi connectivity index (χ0v) is 65.0. The van der Waals surface area contributed by atoms with Gasteiger partial charge in [0, 0.05) is 25.7 Å². The molecule has 0 spiro atoms. The first-order chi connectivity index (χ1) is 47.0. The minimum absolute atomic E-state index is 0.108. The SMILES string of the molecule is CCCCCCCCCCCCCCCCC(=O)OC[C@H](COP(=O)(O)OC[C@@H](O)COP(=O)(O)OC[C@@H](COC(=O)CCCCCCCCCCCC)OC(=O)CCCCCCCCCCCCCC)OC(=O)CCCCCCCCCCCCCCCCCCCCC(C)C. The lowest BCUT2D eigenvalue weighted by Crippen LogP contribution is -2.30. The van der Waals surface area contributed by atoms with E-state index < -0.39 is 97.5 Å². The molecule has 576 valence electrons. The second kappa shape index (κ2) is 71.1. The largest absolute Gasteiger partial charge is 0.472 e. The number of unbranched alkanes of at least 4 members (excludes halogenated alkanes) is 50. The van der Waals surface area contributed by atoms with Crippen LogP contribution in [0.15, 0.2) is 0 Å². The van der Waals surface area contributed by atoms with E-state index in [9.17, 15) is 43.2 Å². The standard InChI is InChI=1S/C78H152O17P2/c1-6-9-12-15-18-21-24-26-34-38-42-47-52-57-62-76(81)89-68-74(95-78(83)64-59-54-49-44-39-35-32-30-28-27-29-31-33-36-40-45-50-55-60-71(4)5)70-93-97(86,87)91-66-72(79)65-90-96(84,85)92-69-73(67-88-75(80)61-56-51-46-41-23-20-17-14-11-8-3)94-77(82)63-58-53-48-43-37-25-22-19-16-13-10-7-2/h71-74,79H,6-70H2,1-5H3,(H,84,85)(H,86,87)/t72-,73+,74+/m0/s1. The van der Waals surface area contributed by atoms with Crippen molar-refractivity contribution < 1.29 is 80.2 Å². The Kier molecular flexibility index (Phi) is 69.6. The summed E-state index contributed by atoms with van der Waals surface area (Å²) in [7, 11) is -9.91. The van der Waals surface area contributed by atoms with Crippen molar-refractivity contribution in [2.45, 2.75) is 432 Å². The van der Waals surface area contributed by atoms with Gasteiger partial charge in [-0.3, -0.25) is 37.3 Å². The molecular weight excluding hydrogens is 1270 g/mol. The maximum atomic E-state index is 13.1. The fourth-order valence-electron chi connectivity index (χ4n) is 12.1. The zero-order chi connectivity index (χ0) is 71.2. The summed E-state index contributed by atoms with van der Waals surface area (Å²) in [6, 6.07) is 0. The number of esters is 4. The minimum atomic E-state index is -4.96. The van der Waals surface area contributed by atoms with Crippen LogP contribution in [0.4, 0.5) is 0 Å². The molecule has 0 aromatic rings. The summed E-state index contributed by atoms with van der Waals surface area (Å²) in [5, 5.41) is 10.6. The molecule has 3 N–H and O–H groups in total. The maximum Gasteiger partial charge on any atom is 0.472 e. The van der Waals surface area contributed by atoms with Gasteiger partial charge in [0.1, 0.15) is 19.3 Å². The van der Waals surface area contributed by atoms with Crippen molar-refractivity contribution in [1.29, 1.82) is 0 Å². The Morgan fingerprint density at radius 3 is 0.701 bits per heavy atom. The average Bonchev–Trinajstić information content (AvgIpc) is 3.10. The number of ether oxygens (including phenoxy) is 4. The van der Waals surface area contributed by atoms with Gasteiger partial charge >= 0.3 is 39.5 Å². The number of phosphoric ester groups is 2. The second-order valence-corrected chi connectivity index (χ2v) is 31.5. The van der Waals surface area contributed by atoms with E-state index in [4.69, 9.17) is 37.0 Å². The molecule has 5 atom stereocenters. The summed E-state index contributed by atoms with van der Waals surface area (Å²) in [5.74, 6) is -1.29. The number of hydrogen-bond donors (Lipinski definition) is 3. The zero-order valence-electron chi connectivity index (χ0n) is 63.2. The lowest BCUT2D eigenvalue weighted by atomic mass is 10.0. The van der Waals surface area contributed by atoms with Crippen LogP contribution in [0.3, 0.4) is 0 Å². The molecule has 0 aliphatic carbocycles. The highest BCUT2D eigenvalue weighted by atomic mass is 31.2. The monoisotopic (exact) mass is 1420 g/mol. The van der Waals surface area contributed by atoms with Crippen molar-refractivity contribution in [3.63, 3.8) is 0 Å². The van der Waals surface area contributed by atoms with Gasteiger partial charge in [0.2, 0.25) is 0 Å². The van der Waals surface area contributed by atoms with E-state index in [1.807, 2.05) is 0 Å². The molecule has 0 amide bonds. The fraction of sp³-hybridized carbons (Fsp3) is 0.949. The highest BCUT2D eigenvalue weighted by molar-refractivity contribution is 7.47. The summed E-state index contributed by atoms with van der Waals surface area (Å²) in [4.78, 5) is 72.8. The van der Waals surface area contributed by atoms with Crippen molar-refractivity contribution in [3.8, 4) is 0 Å². The molecule has 2 unspecified atom stereocenters. The fourth-order valence-corrected chi connectivity index (χ4v) is 13.6. The van der Waals surface area contributed by atoms with Gasteiger partial charge in [-0.2, -0.15) is 0 Å². The van der Waals surface area contributed by atoms with Crippen LogP contribution in [0.1, 0.15) is 413 Å². The van der Waals surface area contributed by atoms with E-state index in [2.05, 4.69) is 34.6 Å². The van der Waals surface area contributed by atoms with E-state index in [0.29, 0.717) is 25.7 Å². The number of rotatable bonds is 78. The third-order valence-electron chi connectivity index (χ3n) is 18.3. The average molecular weight is 1420 g/mol. The molecule has 0 saturated heterocycles. The first-order valence-corrected chi connectivity index (χ1v) is 43.6. The minimum Gasteiger partial charge on any atom is -0.462 e. The van der Waals surface area contributed by atoms with Gasteiger partial charge in [-0.15, -0.1) is 0 Å². The normalized spacial score (nSPS) is 13.9. The van der Waals surface area contributed by atoms with E-state index in [1.54, 1.807) is 0 Å². The van der Waals surface area contributed by atoms with Gasteiger partial charge in [-0.1, -0.05) is 362 Å². The summed E-state index contributed by atoms with van der Waals surface area (Å²) < 4.78 is 68.6. The smallest absolute Gasteiger partial charge is 0.462 e. The van der Waals surface area contributed by atoms with Crippen LogP contribution in [0.2, 0.25) is 0 Å². The van der Waals surface area contributed by atoms with E-state index in [1.165, 1.54) is 238 Å². The van der Waals surface area contributed by atoms with Crippen LogP contribution in [-0.2, 0) is 65.4 Å². The number of aliphatic hydroxyl groups excluding tert-OH is 1. The summed E-state index contributed by atoms with van der Waals surface area (Å²) in [5.41, 5.74) is 0. The molecular formula is C78H152O17P2. The number of carbonyl (C=O) groups is 4. The van der Waals surface area contributed by atoms with Crippen molar-refractivity contribution in [2.75, 3.05) is 39.6 Å². The van der Waals surface area contributed by atoms with E-state index in [-0.39, 0.29) is 25.7 Å². The van der Waals surface area contributed by atoms with Crippen LogP contribution < -0.4 is 0 Å². The Morgan fingerprint density at radius 1 is 0.278 bits per heavy atom. The van der Waals surface area contributed by atoms with Gasteiger partial charge in [0.05, 0.1) is 26.4 Å². The summed E-state index contributed by atoms with van der Waals surface area (Å²) in [6.07, 6.45) is 60.9. The lowest BCUT2D eigenvalue weighted by molar-refractivity contribution is -0.161. The molecule has 0 rings (SSSR count). The number of carbonyl (C=O) groups excluding carboxylic acids is 4. The Hall–Kier alpha value is -1.94. The predicted molar refractivity (Wildman–Crippen MR) is 395 cm³/mol. The molecule has 0 aromatic carbocycles. The highest BCUT2D eigenvalue weighted by Gasteiger charge is 2.30. The first-order valence-electron chi connectivity index (χ1n) is 40.6. The molecule has 0 aromatic heterocycles. The summed E-state index contributed by atoms with van der Waals surface area (Å²) in [6.45, 7) is 7.34. The number of aliphatic hydroxyl groups is 1. The number of hydrogen-bond acceptors (Lipinski definition) is 15. The Balaban J connectivity index is 5.20. The third-order valence-corrected chi connectivity index (χ3v) is 20.2. The van der Waals surface area contributed by atoms with Crippen LogP contribution in [0.25, 0.3) is 0 Å². The van der Waals surface area contributed by atoms with Crippen molar-refractivity contribution in [1.82, 2.24) is 0 Å². The van der Waals surface area contributed by atoms with Crippen molar-refractivity contribution >= 4 is 39.5 Å². The van der Waals surface area contributed by atoms with Crippen molar-refractivity contribution in [3.05, 3.63) is 0 Å². The van der Waals surface area contributed by atoms with Gasteiger partial charge in [-0.25, -0.2) is 9.13 Å². The molecule has 17 nitrogen and oxygen atoms in total. The van der Waals surface area contributed by atoms with Gasteiger partial charge < -0.3 is 33.8 Å². The molecule has 0 aliphatic heterocycles. The third kappa shape index (κ3) is 72.2. The lowest BCUT2D eigenvalue weighted by Gasteiger charge is -2.21. The molecule has 0 bridgehead atoms. The van der Waals surface area contributed by atoms with Gasteiger partial charge in [-0.05, 0) is 31.6 Å². The molecule has 0 radical (unpaired) electrons. The van der Waals surface area contributed by atoms with Gasteiger partial charge in [0.25, 0.3) is 0 Å². The van der Waals surface area contributed by atoms with Crippen LogP contribution in [0.5, 0.6) is 0 Å². The molecule has 0 heterocycles. The van der Waals surface area contributed by atoms with Crippen LogP contribution in [-0.4, -0.2) is 96.7 Å².